The number of hydrogen-bond acceptors (Lipinski definition) is 2. The van der Waals surface area contributed by atoms with E-state index in [-0.39, 0.29) is 5.54 Å². The Morgan fingerprint density at radius 3 is 2.71 bits per heavy atom. The second-order valence-corrected chi connectivity index (χ2v) is 6.18. The maximum atomic E-state index is 6.27. The fourth-order valence-corrected chi connectivity index (χ4v) is 2.73. The Balaban J connectivity index is 2.31. The zero-order valence-electron chi connectivity index (χ0n) is 10.4. The second kappa shape index (κ2) is 4.68. The maximum absolute atomic E-state index is 6.27. The summed E-state index contributed by atoms with van der Waals surface area (Å²) in [6.45, 7) is 8.51. The van der Waals surface area contributed by atoms with E-state index < -0.39 is 0 Å². The zero-order valence-corrected chi connectivity index (χ0v) is 11.9. The van der Waals surface area contributed by atoms with E-state index in [0.29, 0.717) is 11.1 Å². The van der Waals surface area contributed by atoms with Crippen LogP contribution in [0.15, 0.2) is 18.2 Å². The van der Waals surface area contributed by atoms with E-state index in [1.165, 1.54) is 0 Å². The number of rotatable bonds is 1. The quantitative estimate of drug-likeness (QED) is 0.841. The van der Waals surface area contributed by atoms with Crippen LogP contribution in [-0.2, 0) is 0 Å². The predicted molar refractivity (Wildman–Crippen MR) is 75.4 cm³/mol. The summed E-state index contributed by atoms with van der Waals surface area (Å²) in [7, 11) is 0. The zero-order chi connectivity index (χ0) is 12.6. The lowest BCUT2D eigenvalue weighted by atomic mass is 9.98. The van der Waals surface area contributed by atoms with Gasteiger partial charge in [-0.05, 0) is 39.0 Å². The van der Waals surface area contributed by atoms with Gasteiger partial charge in [0.1, 0.15) is 0 Å². The van der Waals surface area contributed by atoms with E-state index in [2.05, 4.69) is 31.0 Å². The lowest BCUT2D eigenvalue weighted by Crippen LogP contribution is -2.61. The molecule has 1 aromatic rings. The fraction of sp³-hybridized carbons (Fsp3) is 0.538. The van der Waals surface area contributed by atoms with E-state index in [9.17, 15) is 0 Å². The standard InChI is InChI=1S/C13H18Cl2N2/c1-9-7-16-13(2,3)8-17(9)12-5-4-10(14)6-11(12)15/h4-6,9,16H,7-8H2,1-3H3. The largest absolute Gasteiger partial charge is 0.365 e. The van der Waals surface area contributed by atoms with E-state index in [4.69, 9.17) is 23.2 Å². The Bertz CT molecular complexity index is 418. The summed E-state index contributed by atoms with van der Waals surface area (Å²) >= 11 is 12.2. The average Bonchev–Trinajstić information content (AvgIpc) is 2.22. The highest BCUT2D eigenvalue weighted by Gasteiger charge is 2.31. The summed E-state index contributed by atoms with van der Waals surface area (Å²) in [5.74, 6) is 0. The fourth-order valence-electron chi connectivity index (χ4n) is 2.21. The average molecular weight is 273 g/mol. The van der Waals surface area contributed by atoms with Crippen LogP contribution in [0.3, 0.4) is 0 Å². The van der Waals surface area contributed by atoms with Gasteiger partial charge in [-0.3, -0.25) is 0 Å². The van der Waals surface area contributed by atoms with Crippen LogP contribution in [0.1, 0.15) is 20.8 Å². The van der Waals surface area contributed by atoms with Crippen molar-refractivity contribution in [2.24, 2.45) is 0 Å². The monoisotopic (exact) mass is 272 g/mol. The molecular weight excluding hydrogens is 255 g/mol. The van der Waals surface area contributed by atoms with Crippen LogP contribution in [-0.4, -0.2) is 24.7 Å². The van der Waals surface area contributed by atoms with Crippen molar-refractivity contribution in [2.45, 2.75) is 32.4 Å². The Hall–Kier alpha value is -0.440. The molecule has 1 fully saturated rings. The Morgan fingerprint density at radius 1 is 1.35 bits per heavy atom. The van der Waals surface area contributed by atoms with Gasteiger partial charge < -0.3 is 10.2 Å². The van der Waals surface area contributed by atoms with Gasteiger partial charge in [-0.25, -0.2) is 0 Å². The summed E-state index contributed by atoms with van der Waals surface area (Å²) in [6, 6.07) is 6.13. The first-order valence-corrected chi connectivity index (χ1v) is 6.61. The second-order valence-electron chi connectivity index (χ2n) is 5.34. The van der Waals surface area contributed by atoms with Crippen LogP contribution < -0.4 is 10.2 Å². The van der Waals surface area contributed by atoms with Gasteiger partial charge in [-0.1, -0.05) is 23.2 Å². The number of nitrogens with one attached hydrogen (secondary N) is 1. The molecule has 2 rings (SSSR count). The Kier molecular flexibility index (Phi) is 3.58. The normalized spacial score (nSPS) is 23.8. The van der Waals surface area contributed by atoms with Crippen molar-refractivity contribution < 1.29 is 0 Å². The molecular formula is C13H18Cl2N2. The number of nitrogens with zero attached hydrogens (tertiary/aromatic N) is 1. The summed E-state index contributed by atoms with van der Waals surface area (Å²) in [5, 5.41) is 4.93. The topological polar surface area (TPSA) is 15.3 Å². The highest BCUT2D eigenvalue weighted by Crippen LogP contribution is 2.32. The number of piperazine rings is 1. The van der Waals surface area contributed by atoms with Gasteiger partial charge >= 0.3 is 0 Å². The van der Waals surface area contributed by atoms with E-state index in [1.807, 2.05) is 12.1 Å². The molecule has 0 saturated carbocycles. The highest BCUT2D eigenvalue weighted by atomic mass is 35.5. The smallest absolute Gasteiger partial charge is 0.0654 e. The molecule has 1 saturated heterocycles. The van der Waals surface area contributed by atoms with Crippen molar-refractivity contribution in [3.8, 4) is 0 Å². The van der Waals surface area contributed by atoms with E-state index in [0.717, 1.165) is 23.8 Å². The minimum atomic E-state index is 0.107. The first kappa shape index (κ1) is 13.0. The van der Waals surface area contributed by atoms with Crippen molar-refractivity contribution in [3.05, 3.63) is 28.2 Å². The van der Waals surface area contributed by atoms with Crippen LogP contribution >= 0.6 is 23.2 Å². The van der Waals surface area contributed by atoms with Crippen LogP contribution in [0, 0.1) is 0 Å². The highest BCUT2D eigenvalue weighted by molar-refractivity contribution is 6.36. The van der Waals surface area contributed by atoms with Crippen LogP contribution in [0.25, 0.3) is 0 Å². The van der Waals surface area contributed by atoms with Crippen molar-refractivity contribution in [1.82, 2.24) is 5.32 Å². The molecule has 1 aliphatic rings. The van der Waals surface area contributed by atoms with Crippen molar-refractivity contribution in [1.29, 1.82) is 0 Å². The van der Waals surface area contributed by atoms with E-state index in [1.54, 1.807) is 6.07 Å². The van der Waals surface area contributed by atoms with Crippen molar-refractivity contribution >= 4 is 28.9 Å². The number of hydrogen-bond donors (Lipinski definition) is 1. The third-order valence-electron chi connectivity index (χ3n) is 3.19. The predicted octanol–water partition coefficient (Wildman–Crippen LogP) is 3.57. The van der Waals surface area contributed by atoms with Gasteiger partial charge in [0.15, 0.2) is 0 Å². The molecule has 0 amide bonds. The first-order chi connectivity index (χ1) is 7.89. The molecule has 0 radical (unpaired) electrons. The molecule has 1 N–H and O–H groups in total. The summed E-state index contributed by atoms with van der Waals surface area (Å²) in [5.41, 5.74) is 1.17. The van der Waals surface area contributed by atoms with Gasteiger partial charge in [0, 0.05) is 29.7 Å². The van der Waals surface area contributed by atoms with Crippen LogP contribution in [0.4, 0.5) is 5.69 Å². The molecule has 1 aromatic carbocycles. The molecule has 2 nitrogen and oxygen atoms in total. The molecule has 0 aromatic heterocycles. The van der Waals surface area contributed by atoms with Gasteiger partial charge in [0.25, 0.3) is 0 Å². The van der Waals surface area contributed by atoms with Gasteiger partial charge in [0.2, 0.25) is 0 Å². The summed E-state index contributed by atoms with van der Waals surface area (Å²) in [4.78, 5) is 2.34. The first-order valence-electron chi connectivity index (χ1n) is 5.86. The Labute approximate surface area is 113 Å². The van der Waals surface area contributed by atoms with Crippen LogP contribution in [0.2, 0.25) is 10.0 Å². The van der Waals surface area contributed by atoms with Crippen molar-refractivity contribution in [3.63, 3.8) is 0 Å². The molecule has 1 aliphatic heterocycles. The van der Waals surface area contributed by atoms with Gasteiger partial charge in [0.05, 0.1) is 10.7 Å². The molecule has 0 spiro atoms. The molecule has 0 aliphatic carbocycles. The lowest BCUT2D eigenvalue weighted by molar-refractivity contribution is 0.318. The third-order valence-corrected chi connectivity index (χ3v) is 3.73. The molecule has 1 unspecified atom stereocenters. The molecule has 0 bridgehead atoms. The number of benzene rings is 1. The lowest BCUT2D eigenvalue weighted by Gasteiger charge is -2.45. The van der Waals surface area contributed by atoms with Crippen molar-refractivity contribution in [2.75, 3.05) is 18.0 Å². The molecule has 1 heterocycles. The minimum Gasteiger partial charge on any atom is -0.365 e. The molecule has 1 atom stereocenters. The van der Waals surface area contributed by atoms with Gasteiger partial charge in [-0.2, -0.15) is 0 Å². The van der Waals surface area contributed by atoms with Gasteiger partial charge in [-0.15, -0.1) is 0 Å². The Morgan fingerprint density at radius 2 is 2.06 bits per heavy atom. The SMILES string of the molecule is CC1CNC(C)(C)CN1c1ccc(Cl)cc1Cl. The summed E-state index contributed by atoms with van der Waals surface area (Å²) in [6.07, 6.45) is 0. The minimum absolute atomic E-state index is 0.107. The number of halogens is 2. The molecule has 4 heteroatoms. The summed E-state index contributed by atoms with van der Waals surface area (Å²) < 4.78 is 0. The molecule has 94 valence electrons. The van der Waals surface area contributed by atoms with Crippen LogP contribution in [0.5, 0.6) is 0 Å². The molecule has 17 heavy (non-hydrogen) atoms. The third kappa shape index (κ3) is 2.87. The van der Waals surface area contributed by atoms with E-state index >= 15 is 0 Å². The number of anilines is 1. The maximum Gasteiger partial charge on any atom is 0.0654 e.